The lowest BCUT2D eigenvalue weighted by molar-refractivity contribution is -0.129. The molecule has 0 N–H and O–H groups in total. The number of benzene rings is 1. The molecule has 0 saturated carbocycles. The highest BCUT2D eigenvalue weighted by molar-refractivity contribution is 14.1. The quantitative estimate of drug-likeness (QED) is 0.372. The summed E-state index contributed by atoms with van der Waals surface area (Å²) in [7, 11) is 0. The van der Waals surface area contributed by atoms with Crippen molar-refractivity contribution in [2.45, 2.75) is 6.42 Å². The van der Waals surface area contributed by atoms with E-state index in [1.807, 2.05) is 29.2 Å². The Labute approximate surface area is 128 Å². The molecule has 88 valence electrons. The summed E-state index contributed by atoms with van der Waals surface area (Å²) < 4.78 is 1.71. The van der Waals surface area contributed by atoms with Crippen LogP contribution in [0.2, 0.25) is 5.02 Å². The SMILES string of the molecule is O=C(Cc1ccc(Cl)cc1)N(CI)CCI. The van der Waals surface area contributed by atoms with Crippen LogP contribution in [0.3, 0.4) is 0 Å². The van der Waals surface area contributed by atoms with Crippen LogP contribution in [0.4, 0.5) is 0 Å². The van der Waals surface area contributed by atoms with Gasteiger partial charge in [-0.05, 0) is 17.7 Å². The minimum absolute atomic E-state index is 0.174. The van der Waals surface area contributed by atoms with E-state index in [4.69, 9.17) is 11.6 Å². The highest BCUT2D eigenvalue weighted by Gasteiger charge is 2.11. The van der Waals surface area contributed by atoms with Gasteiger partial charge in [-0.15, -0.1) is 0 Å². The number of carbonyl (C=O) groups is 1. The predicted octanol–water partition coefficient (Wildman–Crippen LogP) is 3.54. The lowest BCUT2D eigenvalue weighted by atomic mass is 10.1. The smallest absolute Gasteiger partial charge is 0.227 e. The van der Waals surface area contributed by atoms with Gasteiger partial charge in [0, 0.05) is 16.0 Å². The van der Waals surface area contributed by atoms with Crippen LogP contribution in [0.25, 0.3) is 0 Å². The minimum atomic E-state index is 0.174. The van der Waals surface area contributed by atoms with E-state index >= 15 is 0 Å². The van der Waals surface area contributed by atoms with Gasteiger partial charge in [0.2, 0.25) is 5.91 Å². The lowest BCUT2D eigenvalue weighted by Gasteiger charge is -2.18. The van der Waals surface area contributed by atoms with E-state index in [-0.39, 0.29) is 5.91 Å². The molecule has 0 heterocycles. The second-order valence-electron chi connectivity index (χ2n) is 3.27. The first-order valence-corrected chi connectivity index (χ1v) is 8.24. The second-order valence-corrected chi connectivity index (χ2v) is 5.47. The van der Waals surface area contributed by atoms with Crippen molar-refractivity contribution in [3.8, 4) is 0 Å². The molecule has 2 nitrogen and oxygen atoms in total. The van der Waals surface area contributed by atoms with Crippen LogP contribution in [-0.2, 0) is 11.2 Å². The Hall–Kier alpha value is 0.440. The monoisotopic (exact) mass is 463 g/mol. The molecule has 0 unspecified atom stereocenters. The zero-order chi connectivity index (χ0) is 12.0. The third-order valence-electron chi connectivity index (χ3n) is 2.12. The van der Waals surface area contributed by atoms with Crippen LogP contribution in [0.5, 0.6) is 0 Å². The van der Waals surface area contributed by atoms with E-state index in [0.29, 0.717) is 11.4 Å². The average Bonchev–Trinajstić information content (AvgIpc) is 2.29. The van der Waals surface area contributed by atoms with Crippen molar-refractivity contribution < 1.29 is 4.79 Å². The third-order valence-corrected chi connectivity index (χ3v) is 3.68. The zero-order valence-electron chi connectivity index (χ0n) is 8.63. The summed E-state index contributed by atoms with van der Waals surface area (Å²) in [5.41, 5.74) is 1.01. The Morgan fingerprint density at radius 3 is 2.38 bits per heavy atom. The highest BCUT2D eigenvalue weighted by atomic mass is 127. The van der Waals surface area contributed by atoms with Crippen LogP contribution in [-0.4, -0.2) is 26.3 Å². The Kier molecular flexibility index (Phi) is 6.98. The maximum absolute atomic E-state index is 11.9. The van der Waals surface area contributed by atoms with Gasteiger partial charge >= 0.3 is 0 Å². The van der Waals surface area contributed by atoms with Crippen molar-refractivity contribution >= 4 is 62.7 Å². The van der Waals surface area contributed by atoms with Gasteiger partial charge < -0.3 is 4.90 Å². The molecule has 0 spiro atoms. The predicted molar refractivity (Wildman–Crippen MR) is 84.6 cm³/mol. The summed E-state index contributed by atoms with van der Waals surface area (Å²) in [5.74, 6) is 0.174. The lowest BCUT2D eigenvalue weighted by Crippen LogP contribution is -2.32. The minimum Gasteiger partial charge on any atom is -0.332 e. The molecule has 0 saturated heterocycles. The molecule has 1 aromatic carbocycles. The average molecular weight is 463 g/mol. The molecule has 1 rings (SSSR count). The normalized spacial score (nSPS) is 10.2. The molecular weight excluding hydrogens is 451 g/mol. The first kappa shape index (κ1) is 14.5. The maximum atomic E-state index is 11.9. The first-order valence-electron chi connectivity index (χ1n) is 4.81. The van der Waals surface area contributed by atoms with Gasteiger partial charge in [0.1, 0.15) is 0 Å². The Balaban J connectivity index is 2.59. The van der Waals surface area contributed by atoms with E-state index in [1.165, 1.54) is 0 Å². The molecule has 0 aliphatic heterocycles. The van der Waals surface area contributed by atoms with E-state index in [1.54, 1.807) is 0 Å². The number of nitrogens with zero attached hydrogens (tertiary/aromatic N) is 1. The molecule has 0 bridgehead atoms. The fourth-order valence-corrected chi connectivity index (χ4v) is 2.67. The number of rotatable bonds is 5. The molecule has 0 atom stereocenters. The van der Waals surface area contributed by atoms with Crippen molar-refractivity contribution in [1.82, 2.24) is 4.90 Å². The summed E-state index contributed by atoms with van der Waals surface area (Å²) >= 11 is 10.3. The van der Waals surface area contributed by atoms with Gasteiger partial charge in [-0.25, -0.2) is 0 Å². The van der Waals surface area contributed by atoms with Crippen LogP contribution in [0, 0.1) is 0 Å². The molecule has 5 heteroatoms. The summed E-state index contributed by atoms with van der Waals surface area (Å²) in [6.07, 6.45) is 0.455. The number of hydrogen-bond acceptors (Lipinski definition) is 1. The Morgan fingerprint density at radius 1 is 1.25 bits per heavy atom. The van der Waals surface area contributed by atoms with Gasteiger partial charge in [-0.3, -0.25) is 4.79 Å². The summed E-state index contributed by atoms with van der Waals surface area (Å²) in [4.78, 5) is 13.8. The van der Waals surface area contributed by atoms with Gasteiger partial charge in [-0.1, -0.05) is 68.9 Å². The third kappa shape index (κ3) is 4.75. The Morgan fingerprint density at radius 2 is 1.88 bits per heavy atom. The van der Waals surface area contributed by atoms with Crippen molar-refractivity contribution in [3.63, 3.8) is 0 Å². The fraction of sp³-hybridized carbons (Fsp3) is 0.364. The van der Waals surface area contributed by atoms with E-state index < -0.39 is 0 Å². The second kappa shape index (κ2) is 7.71. The van der Waals surface area contributed by atoms with Crippen molar-refractivity contribution in [2.24, 2.45) is 0 Å². The van der Waals surface area contributed by atoms with Crippen molar-refractivity contribution in [1.29, 1.82) is 0 Å². The molecule has 1 aromatic rings. The maximum Gasteiger partial charge on any atom is 0.227 e. The van der Waals surface area contributed by atoms with E-state index in [9.17, 15) is 4.79 Å². The molecule has 16 heavy (non-hydrogen) atoms. The number of hydrogen-bond donors (Lipinski definition) is 0. The molecule has 0 aliphatic rings. The molecule has 0 aromatic heterocycles. The first-order chi connectivity index (χ1) is 7.67. The van der Waals surface area contributed by atoms with Gasteiger partial charge in [-0.2, -0.15) is 0 Å². The van der Waals surface area contributed by atoms with Crippen LogP contribution in [0.1, 0.15) is 5.56 Å². The molecule has 0 fully saturated rings. The number of amides is 1. The molecular formula is C11H12ClI2NO. The fourth-order valence-electron chi connectivity index (χ4n) is 1.24. The van der Waals surface area contributed by atoms with E-state index in [2.05, 4.69) is 45.2 Å². The summed E-state index contributed by atoms with van der Waals surface area (Å²) in [5, 5.41) is 0.703. The van der Waals surface area contributed by atoms with Crippen LogP contribution >= 0.6 is 56.8 Å². The van der Waals surface area contributed by atoms with Crippen LogP contribution in [0.15, 0.2) is 24.3 Å². The van der Waals surface area contributed by atoms with E-state index in [0.717, 1.165) is 21.1 Å². The number of halogens is 3. The Bertz CT molecular complexity index is 342. The summed E-state index contributed by atoms with van der Waals surface area (Å²) in [6, 6.07) is 7.43. The standard InChI is InChI=1S/C11H12ClI2NO/c12-10-3-1-9(2-4-10)7-11(16)15(8-14)6-5-13/h1-4H,5-8H2. The summed E-state index contributed by atoms with van der Waals surface area (Å²) in [6.45, 7) is 0.815. The topological polar surface area (TPSA) is 20.3 Å². The molecule has 1 amide bonds. The molecule has 0 aliphatic carbocycles. The largest absolute Gasteiger partial charge is 0.332 e. The van der Waals surface area contributed by atoms with Crippen molar-refractivity contribution in [2.75, 3.05) is 15.5 Å². The zero-order valence-corrected chi connectivity index (χ0v) is 13.7. The molecule has 0 radical (unpaired) electrons. The van der Waals surface area contributed by atoms with Crippen molar-refractivity contribution in [3.05, 3.63) is 34.9 Å². The van der Waals surface area contributed by atoms with Crippen LogP contribution < -0.4 is 0 Å². The number of alkyl halides is 2. The van der Waals surface area contributed by atoms with Gasteiger partial charge in [0.25, 0.3) is 0 Å². The van der Waals surface area contributed by atoms with Gasteiger partial charge in [0.05, 0.1) is 11.0 Å². The number of carbonyl (C=O) groups excluding carboxylic acids is 1. The highest BCUT2D eigenvalue weighted by Crippen LogP contribution is 2.11. The van der Waals surface area contributed by atoms with Gasteiger partial charge in [0.15, 0.2) is 0 Å².